The van der Waals surface area contributed by atoms with Crippen LogP contribution in [0.3, 0.4) is 0 Å². The minimum Gasteiger partial charge on any atom is -0.492 e. The largest absolute Gasteiger partial charge is 0.492 e. The van der Waals surface area contributed by atoms with Gasteiger partial charge in [0.05, 0.1) is 18.9 Å². The fraction of sp³-hybridized carbons (Fsp3) is 0.615. The van der Waals surface area contributed by atoms with E-state index in [0.29, 0.717) is 13.0 Å². The van der Waals surface area contributed by atoms with E-state index in [1.807, 2.05) is 26.1 Å². The summed E-state index contributed by atoms with van der Waals surface area (Å²) in [5.74, 6) is 0.790. The third-order valence-corrected chi connectivity index (χ3v) is 2.61. The second-order valence-electron chi connectivity index (χ2n) is 4.78. The number of aromatic nitrogens is 1. The summed E-state index contributed by atoms with van der Waals surface area (Å²) in [6, 6.07) is 2.00. The highest BCUT2D eigenvalue weighted by Crippen LogP contribution is 2.29. The van der Waals surface area contributed by atoms with E-state index < -0.39 is 0 Å². The van der Waals surface area contributed by atoms with Crippen LogP contribution < -0.4 is 4.74 Å². The highest BCUT2D eigenvalue weighted by molar-refractivity contribution is 5.29. The molecule has 16 heavy (non-hydrogen) atoms. The third-order valence-electron chi connectivity index (χ3n) is 2.61. The SMILES string of the molecule is CCOc1cncc(C(C)(C)CC(C)O)c1. The number of pyridine rings is 1. The number of hydrogen-bond acceptors (Lipinski definition) is 3. The smallest absolute Gasteiger partial charge is 0.137 e. The number of hydrogen-bond donors (Lipinski definition) is 1. The number of aliphatic hydroxyl groups is 1. The molecular formula is C13H21NO2. The van der Waals surface area contributed by atoms with E-state index in [1.165, 1.54) is 0 Å². The zero-order valence-electron chi connectivity index (χ0n) is 10.5. The van der Waals surface area contributed by atoms with E-state index in [-0.39, 0.29) is 11.5 Å². The van der Waals surface area contributed by atoms with Crippen LogP contribution in [0.25, 0.3) is 0 Å². The second kappa shape index (κ2) is 5.30. The summed E-state index contributed by atoms with van der Waals surface area (Å²) in [7, 11) is 0. The van der Waals surface area contributed by atoms with E-state index in [2.05, 4.69) is 18.8 Å². The molecule has 0 aliphatic heterocycles. The summed E-state index contributed by atoms with van der Waals surface area (Å²) >= 11 is 0. The topological polar surface area (TPSA) is 42.4 Å². The number of aliphatic hydroxyl groups excluding tert-OH is 1. The monoisotopic (exact) mass is 223 g/mol. The molecule has 0 fully saturated rings. The Balaban J connectivity index is 2.89. The fourth-order valence-corrected chi connectivity index (χ4v) is 1.89. The van der Waals surface area contributed by atoms with Crippen molar-refractivity contribution in [3.8, 4) is 5.75 Å². The van der Waals surface area contributed by atoms with Gasteiger partial charge in [-0.1, -0.05) is 13.8 Å². The Hall–Kier alpha value is -1.09. The number of ether oxygens (including phenoxy) is 1. The highest BCUT2D eigenvalue weighted by atomic mass is 16.5. The molecule has 1 N–H and O–H groups in total. The Bertz CT molecular complexity index is 334. The van der Waals surface area contributed by atoms with E-state index in [0.717, 1.165) is 11.3 Å². The summed E-state index contributed by atoms with van der Waals surface area (Å²) in [4.78, 5) is 4.17. The lowest BCUT2D eigenvalue weighted by molar-refractivity contribution is 0.156. The minimum atomic E-state index is -0.314. The second-order valence-corrected chi connectivity index (χ2v) is 4.78. The van der Waals surface area contributed by atoms with E-state index in [1.54, 1.807) is 6.20 Å². The molecular weight excluding hydrogens is 202 g/mol. The molecule has 1 heterocycles. The summed E-state index contributed by atoms with van der Waals surface area (Å²) in [6.07, 6.45) is 3.95. The van der Waals surface area contributed by atoms with Gasteiger partial charge in [-0.25, -0.2) is 0 Å². The van der Waals surface area contributed by atoms with Gasteiger partial charge in [0.2, 0.25) is 0 Å². The van der Waals surface area contributed by atoms with Gasteiger partial charge in [-0.2, -0.15) is 0 Å². The molecule has 0 saturated carbocycles. The van der Waals surface area contributed by atoms with Gasteiger partial charge in [0.25, 0.3) is 0 Å². The quantitative estimate of drug-likeness (QED) is 0.834. The predicted molar refractivity (Wildman–Crippen MR) is 64.7 cm³/mol. The van der Waals surface area contributed by atoms with Crippen LogP contribution in [0.15, 0.2) is 18.5 Å². The predicted octanol–water partition coefficient (Wildman–Crippen LogP) is 2.53. The molecule has 0 bridgehead atoms. The van der Waals surface area contributed by atoms with Crippen LogP contribution in [0, 0.1) is 0 Å². The van der Waals surface area contributed by atoms with Gasteiger partial charge < -0.3 is 9.84 Å². The number of rotatable bonds is 5. The van der Waals surface area contributed by atoms with Crippen molar-refractivity contribution in [1.29, 1.82) is 0 Å². The first-order valence-electron chi connectivity index (χ1n) is 5.72. The standard InChI is InChI=1S/C13H21NO2/c1-5-16-12-6-11(8-14-9-12)13(3,4)7-10(2)15/h6,8-10,15H,5,7H2,1-4H3. The fourth-order valence-electron chi connectivity index (χ4n) is 1.89. The average molecular weight is 223 g/mol. The lowest BCUT2D eigenvalue weighted by Gasteiger charge is -2.26. The normalized spacial score (nSPS) is 13.6. The Morgan fingerprint density at radius 2 is 2.12 bits per heavy atom. The van der Waals surface area contributed by atoms with Gasteiger partial charge in [-0.3, -0.25) is 4.98 Å². The van der Waals surface area contributed by atoms with Gasteiger partial charge in [-0.15, -0.1) is 0 Å². The molecule has 0 radical (unpaired) electrons. The molecule has 90 valence electrons. The first-order valence-corrected chi connectivity index (χ1v) is 5.72. The average Bonchev–Trinajstić information content (AvgIpc) is 2.16. The Morgan fingerprint density at radius 1 is 1.44 bits per heavy atom. The van der Waals surface area contributed by atoms with Gasteiger partial charge >= 0.3 is 0 Å². The van der Waals surface area contributed by atoms with Crippen LogP contribution in [0.5, 0.6) is 5.75 Å². The van der Waals surface area contributed by atoms with Crippen molar-refractivity contribution in [2.45, 2.75) is 45.6 Å². The van der Waals surface area contributed by atoms with Crippen molar-refractivity contribution < 1.29 is 9.84 Å². The lowest BCUT2D eigenvalue weighted by Crippen LogP contribution is -2.23. The molecule has 3 heteroatoms. The van der Waals surface area contributed by atoms with E-state index in [9.17, 15) is 5.11 Å². The van der Waals surface area contributed by atoms with Gasteiger partial charge in [0.1, 0.15) is 5.75 Å². The van der Waals surface area contributed by atoms with E-state index >= 15 is 0 Å². The lowest BCUT2D eigenvalue weighted by atomic mass is 9.81. The molecule has 3 nitrogen and oxygen atoms in total. The first-order chi connectivity index (χ1) is 7.45. The van der Waals surface area contributed by atoms with Crippen LogP contribution in [-0.4, -0.2) is 22.8 Å². The molecule has 0 spiro atoms. The molecule has 0 amide bonds. The zero-order valence-corrected chi connectivity index (χ0v) is 10.5. The van der Waals surface area contributed by atoms with Crippen LogP contribution in [0.4, 0.5) is 0 Å². The van der Waals surface area contributed by atoms with Gasteiger partial charge in [-0.05, 0) is 37.3 Å². The zero-order chi connectivity index (χ0) is 12.2. The maximum absolute atomic E-state index is 9.47. The minimum absolute atomic E-state index is 0.0890. The molecule has 0 aliphatic carbocycles. The summed E-state index contributed by atoms with van der Waals surface area (Å²) < 4.78 is 5.42. The highest BCUT2D eigenvalue weighted by Gasteiger charge is 2.23. The van der Waals surface area contributed by atoms with Crippen LogP contribution in [0.1, 0.15) is 39.7 Å². The molecule has 0 aromatic carbocycles. The maximum atomic E-state index is 9.47. The molecule has 1 unspecified atom stereocenters. The Morgan fingerprint density at radius 3 is 2.69 bits per heavy atom. The molecule has 1 aromatic heterocycles. The van der Waals surface area contributed by atoms with Crippen molar-refractivity contribution >= 4 is 0 Å². The summed E-state index contributed by atoms with van der Waals surface area (Å²) in [5, 5.41) is 9.47. The number of nitrogens with zero attached hydrogens (tertiary/aromatic N) is 1. The molecule has 0 saturated heterocycles. The van der Waals surface area contributed by atoms with Crippen LogP contribution in [-0.2, 0) is 5.41 Å². The first kappa shape index (κ1) is 13.0. The third kappa shape index (κ3) is 3.49. The van der Waals surface area contributed by atoms with Crippen LogP contribution >= 0.6 is 0 Å². The molecule has 0 aliphatic rings. The molecule has 1 aromatic rings. The Labute approximate surface area is 97.5 Å². The molecule has 1 atom stereocenters. The van der Waals surface area contributed by atoms with Crippen molar-refractivity contribution in [3.05, 3.63) is 24.0 Å². The van der Waals surface area contributed by atoms with Gasteiger partial charge in [0.15, 0.2) is 0 Å². The van der Waals surface area contributed by atoms with Crippen molar-refractivity contribution in [1.82, 2.24) is 4.98 Å². The van der Waals surface area contributed by atoms with Crippen molar-refractivity contribution in [2.24, 2.45) is 0 Å². The van der Waals surface area contributed by atoms with Crippen LogP contribution in [0.2, 0.25) is 0 Å². The summed E-state index contributed by atoms with van der Waals surface area (Å²) in [5.41, 5.74) is 1.01. The van der Waals surface area contributed by atoms with Gasteiger partial charge in [0, 0.05) is 6.20 Å². The van der Waals surface area contributed by atoms with E-state index in [4.69, 9.17) is 4.74 Å². The van der Waals surface area contributed by atoms with Crippen molar-refractivity contribution in [3.63, 3.8) is 0 Å². The Kier molecular flexibility index (Phi) is 4.30. The maximum Gasteiger partial charge on any atom is 0.137 e. The molecule has 1 rings (SSSR count). The summed E-state index contributed by atoms with van der Waals surface area (Å²) in [6.45, 7) is 8.61. The van der Waals surface area contributed by atoms with Crippen molar-refractivity contribution in [2.75, 3.05) is 6.61 Å².